The van der Waals surface area contributed by atoms with Crippen LogP contribution in [0.5, 0.6) is 0 Å². The van der Waals surface area contributed by atoms with E-state index in [1.165, 1.54) is 17.5 Å². The van der Waals surface area contributed by atoms with Crippen molar-refractivity contribution in [1.29, 1.82) is 0 Å². The molecule has 2 aromatic heterocycles. The highest BCUT2D eigenvalue weighted by molar-refractivity contribution is 7.92. The predicted octanol–water partition coefficient (Wildman–Crippen LogP) is 0.0831. The van der Waals surface area contributed by atoms with E-state index in [0.29, 0.717) is 12.0 Å². The molecule has 2 rings (SSSR count). The number of hydrogen-bond donors (Lipinski definition) is 3. The number of anilines is 1. The summed E-state index contributed by atoms with van der Waals surface area (Å²) in [6.07, 6.45) is 2.09. The van der Waals surface area contributed by atoms with E-state index >= 15 is 0 Å². The molecule has 8 nitrogen and oxygen atoms in total. The SMILES string of the molecule is CCc1nnc(NS(=O)(=O)c2[nH]ncc2CN)s1. The molecular formula is C8H12N6O2S2. The largest absolute Gasteiger partial charge is 0.326 e. The smallest absolute Gasteiger partial charge is 0.280 e. The first-order chi connectivity index (χ1) is 8.56. The van der Waals surface area contributed by atoms with Crippen molar-refractivity contribution in [1.82, 2.24) is 20.4 Å². The summed E-state index contributed by atoms with van der Waals surface area (Å²) in [7, 11) is -3.75. The van der Waals surface area contributed by atoms with Crippen LogP contribution in [0.3, 0.4) is 0 Å². The van der Waals surface area contributed by atoms with Crippen LogP contribution in [0.15, 0.2) is 11.2 Å². The fraction of sp³-hybridized carbons (Fsp3) is 0.375. The lowest BCUT2D eigenvalue weighted by atomic mass is 10.4. The van der Waals surface area contributed by atoms with Gasteiger partial charge in [-0.2, -0.15) is 13.5 Å². The van der Waals surface area contributed by atoms with Crippen molar-refractivity contribution < 1.29 is 8.42 Å². The zero-order valence-electron chi connectivity index (χ0n) is 9.54. The number of nitrogens with one attached hydrogen (secondary N) is 2. The monoisotopic (exact) mass is 288 g/mol. The zero-order chi connectivity index (χ0) is 13.2. The van der Waals surface area contributed by atoms with Crippen molar-refractivity contribution in [3.8, 4) is 0 Å². The average molecular weight is 288 g/mol. The van der Waals surface area contributed by atoms with Gasteiger partial charge in [-0.15, -0.1) is 10.2 Å². The molecule has 0 fully saturated rings. The molecular weight excluding hydrogens is 276 g/mol. The maximum absolute atomic E-state index is 12.0. The first-order valence-electron chi connectivity index (χ1n) is 5.14. The summed E-state index contributed by atoms with van der Waals surface area (Å²) >= 11 is 1.19. The molecule has 2 aromatic rings. The Labute approximate surface area is 108 Å². The summed E-state index contributed by atoms with van der Waals surface area (Å²) in [5.41, 5.74) is 5.85. The Kier molecular flexibility index (Phi) is 3.59. The number of nitrogens with two attached hydrogens (primary N) is 1. The van der Waals surface area contributed by atoms with Gasteiger partial charge in [0.1, 0.15) is 5.01 Å². The van der Waals surface area contributed by atoms with Crippen LogP contribution in [0, 0.1) is 0 Å². The molecule has 98 valence electrons. The number of sulfonamides is 1. The van der Waals surface area contributed by atoms with Crippen LogP contribution in [-0.2, 0) is 23.0 Å². The second kappa shape index (κ2) is 5.00. The van der Waals surface area contributed by atoms with Crippen LogP contribution in [0.25, 0.3) is 0 Å². The van der Waals surface area contributed by atoms with Crippen molar-refractivity contribution in [2.24, 2.45) is 5.73 Å². The van der Waals surface area contributed by atoms with Crippen molar-refractivity contribution in [3.05, 3.63) is 16.8 Å². The van der Waals surface area contributed by atoms with Gasteiger partial charge in [-0.05, 0) is 6.42 Å². The van der Waals surface area contributed by atoms with E-state index in [2.05, 4.69) is 25.1 Å². The predicted molar refractivity (Wildman–Crippen MR) is 66.6 cm³/mol. The lowest BCUT2D eigenvalue weighted by Crippen LogP contribution is -2.16. The minimum Gasteiger partial charge on any atom is -0.326 e. The van der Waals surface area contributed by atoms with Crippen LogP contribution >= 0.6 is 11.3 Å². The van der Waals surface area contributed by atoms with E-state index in [-0.39, 0.29) is 16.7 Å². The number of nitrogens with zero attached hydrogens (tertiary/aromatic N) is 3. The molecule has 4 N–H and O–H groups in total. The third-order valence-corrected chi connectivity index (χ3v) is 4.62. The molecule has 0 saturated carbocycles. The van der Waals surface area contributed by atoms with E-state index in [1.54, 1.807) is 0 Å². The highest BCUT2D eigenvalue weighted by atomic mass is 32.2. The van der Waals surface area contributed by atoms with Gasteiger partial charge >= 0.3 is 0 Å². The molecule has 0 radical (unpaired) electrons. The molecule has 0 aromatic carbocycles. The topological polar surface area (TPSA) is 127 Å². The average Bonchev–Trinajstić information content (AvgIpc) is 2.96. The maximum Gasteiger partial charge on any atom is 0.280 e. The highest BCUT2D eigenvalue weighted by Crippen LogP contribution is 2.20. The van der Waals surface area contributed by atoms with Gasteiger partial charge in [0, 0.05) is 12.1 Å². The fourth-order valence-electron chi connectivity index (χ4n) is 1.28. The minimum atomic E-state index is -3.75. The highest BCUT2D eigenvalue weighted by Gasteiger charge is 2.21. The maximum atomic E-state index is 12.0. The van der Waals surface area contributed by atoms with Gasteiger partial charge in [-0.3, -0.25) is 9.82 Å². The van der Waals surface area contributed by atoms with Crippen molar-refractivity contribution >= 4 is 26.5 Å². The van der Waals surface area contributed by atoms with Gasteiger partial charge in [0.05, 0.1) is 6.20 Å². The summed E-state index contributed by atoms with van der Waals surface area (Å²) in [6.45, 7) is 2.00. The normalized spacial score (nSPS) is 11.7. The second-order valence-corrected chi connectivity index (χ2v) is 6.07. The van der Waals surface area contributed by atoms with Crippen molar-refractivity contribution in [2.45, 2.75) is 24.9 Å². The van der Waals surface area contributed by atoms with Gasteiger partial charge in [0.15, 0.2) is 5.03 Å². The number of aromatic nitrogens is 4. The van der Waals surface area contributed by atoms with Gasteiger partial charge in [-0.1, -0.05) is 18.3 Å². The Bertz CT molecular complexity index is 632. The van der Waals surface area contributed by atoms with E-state index < -0.39 is 10.0 Å². The van der Waals surface area contributed by atoms with E-state index in [9.17, 15) is 8.42 Å². The zero-order valence-corrected chi connectivity index (χ0v) is 11.2. The Morgan fingerprint density at radius 1 is 1.50 bits per heavy atom. The molecule has 0 saturated heterocycles. The Morgan fingerprint density at radius 2 is 2.28 bits per heavy atom. The van der Waals surface area contributed by atoms with E-state index in [4.69, 9.17) is 5.73 Å². The van der Waals surface area contributed by atoms with Gasteiger partial charge in [-0.25, -0.2) is 0 Å². The van der Waals surface area contributed by atoms with Crippen LogP contribution in [-0.4, -0.2) is 28.8 Å². The summed E-state index contributed by atoms with van der Waals surface area (Å²) in [4.78, 5) is 0. The number of aromatic amines is 1. The molecule has 0 aliphatic rings. The molecule has 0 aliphatic carbocycles. The first-order valence-corrected chi connectivity index (χ1v) is 7.44. The van der Waals surface area contributed by atoms with Crippen molar-refractivity contribution in [2.75, 3.05) is 4.72 Å². The van der Waals surface area contributed by atoms with Gasteiger partial charge < -0.3 is 5.73 Å². The summed E-state index contributed by atoms with van der Waals surface area (Å²) < 4.78 is 26.4. The molecule has 0 spiro atoms. The molecule has 0 amide bonds. The minimum absolute atomic E-state index is 0.0433. The van der Waals surface area contributed by atoms with Gasteiger partial charge in [0.2, 0.25) is 5.13 Å². The molecule has 0 atom stereocenters. The van der Waals surface area contributed by atoms with Crippen LogP contribution in [0.2, 0.25) is 0 Å². The molecule has 0 unspecified atom stereocenters. The fourth-order valence-corrected chi connectivity index (χ4v) is 3.33. The van der Waals surface area contributed by atoms with E-state index in [1.807, 2.05) is 6.92 Å². The number of rotatable bonds is 5. The van der Waals surface area contributed by atoms with Crippen LogP contribution in [0.4, 0.5) is 5.13 Å². The third kappa shape index (κ3) is 2.49. The summed E-state index contributed by atoms with van der Waals surface area (Å²) in [5.74, 6) is 0. The lowest BCUT2D eigenvalue weighted by Gasteiger charge is -2.03. The van der Waals surface area contributed by atoms with E-state index in [0.717, 1.165) is 5.01 Å². The summed E-state index contributed by atoms with van der Waals surface area (Å²) in [5, 5.41) is 14.6. The third-order valence-electron chi connectivity index (χ3n) is 2.16. The Morgan fingerprint density at radius 3 is 2.89 bits per heavy atom. The molecule has 2 heterocycles. The standard InChI is InChI=1S/C8H12N6O2S2/c1-2-6-11-13-8(17-6)14-18(15,16)7-5(3-9)4-10-12-7/h4H,2-3,9H2,1H3,(H,10,12)(H,13,14). The molecule has 0 bridgehead atoms. The van der Waals surface area contributed by atoms with Crippen molar-refractivity contribution in [3.63, 3.8) is 0 Å². The number of H-pyrrole nitrogens is 1. The first kappa shape index (κ1) is 12.9. The molecule has 18 heavy (non-hydrogen) atoms. The quantitative estimate of drug-likeness (QED) is 0.715. The summed E-state index contributed by atoms with van der Waals surface area (Å²) in [6, 6.07) is 0. The Balaban J connectivity index is 2.27. The number of hydrogen-bond acceptors (Lipinski definition) is 7. The van der Waals surface area contributed by atoms with Crippen LogP contribution in [0.1, 0.15) is 17.5 Å². The molecule has 0 aliphatic heterocycles. The molecule has 10 heteroatoms. The van der Waals surface area contributed by atoms with Crippen LogP contribution < -0.4 is 10.5 Å². The second-order valence-electron chi connectivity index (χ2n) is 3.39. The Hall–Kier alpha value is -1.52. The van der Waals surface area contributed by atoms with Gasteiger partial charge in [0.25, 0.3) is 10.0 Å². The number of aryl methyl sites for hydroxylation is 1. The lowest BCUT2D eigenvalue weighted by molar-refractivity contribution is 0.595.